The highest BCUT2D eigenvalue weighted by atomic mass is 35.5. The minimum absolute atomic E-state index is 0.0447. The number of carboxylic acids is 1. The van der Waals surface area contributed by atoms with Crippen molar-refractivity contribution >= 4 is 17.6 Å². The molecule has 0 aromatic carbocycles. The van der Waals surface area contributed by atoms with Gasteiger partial charge in [-0.1, -0.05) is 11.6 Å². The Hall–Kier alpha value is -1.88. The second kappa shape index (κ2) is 3.70. The van der Waals surface area contributed by atoms with E-state index in [-0.39, 0.29) is 5.69 Å². The lowest BCUT2D eigenvalue weighted by molar-refractivity contribution is 0.0690. The number of carboxylic acid groups (broad SMARTS) is 1. The molecule has 0 unspecified atom stereocenters. The molecule has 0 aliphatic rings. The smallest absolute Gasteiger partial charge is 0.356 e. The van der Waals surface area contributed by atoms with Gasteiger partial charge in [0.1, 0.15) is 0 Å². The summed E-state index contributed by atoms with van der Waals surface area (Å²) in [6, 6.07) is 4.73. The van der Waals surface area contributed by atoms with Crippen LogP contribution in [0.4, 0.5) is 0 Å². The van der Waals surface area contributed by atoms with Crippen molar-refractivity contribution in [3.63, 3.8) is 0 Å². The van der Waals surface area contributed by atoms with Gasteiger partial charge in [-0.3, -0.25) is 0 Å². The van der Waals surface area contributed by atoms with E-state index < -0.39 is 5.97 Å². The Morgan fingerprint density at radius 2 is 2.27 bits per heavy atom. The van der Waals surface area contributed by atoms with E-state index in [1.165, 1.54) is 16.9 Å². The van der Waals surface area contributed by atoms with Crippen LogP contribution in [0.3, 0.4) is 0 Å². The van der Waals surface area contributed by atoms with Gasteiger partial charge in [-0.25, -0.2) is 14.5 Å². The molecule has 0 spiro atoms. The highest BCUT2D eigenvalue weighted by molar-refractivity contribution is 6.32. The summed E-state index contributed by atoms with van der Waals surface area (Å²) in [6.07, 6.45) is 3.06. The third kappa shape index (κ3) is 1.82. The summed E-state index contributed by atoms with van der Waals surface area (Å²) < 4.78 is 1.33. The zero-order chi connectivity index (χ0) is 10.8. The van der Waals surface area contributed by atoms with E-state index >= 15 is 0 Å². The summed E-state index contributed by atoms with van der Waals surface area (Å²) in [7, 11) is 0. The molecule has 0 radical (unpaired) electrons. The molecule has 0 bridgehead atoms. The van der Waals surface area contributed by atoms with Crippen LogP contribution >= 0.6 is 11.6 Å². The summed E-state index contributed by atoms with van der Waals surface area (Å²) in [5.74, 6) is -0.674. The van der Waals surface area contributed by atoms with Gasteiger partial charge in [-0.2, -0.15) is 5.10 Å². The lowest BCUT2D eigenvalue weighted by Gasteiger charge is -2.00. The predicted octanol–water partition coefficient (Wildman–Crippen LogP) is 1.62. The van der Waals surface area contributed by atoms with Crippen LogP contribution in [0, 0.1) is 0 Å². The molecule has 6 heteroatoms. The van der Waals surface area contributed by atoms with Crippen molar-refractivity contribution in [3.8, 4) is 5.82 Å². The van der Waals surface area contributed by atoms with Crippen molar-refractivity contribution in [2.45, 2.75) is 0 Å². The van der Waals surface area contributed by atoms with Gasteiger partial charge < -0.3 is 5.11 Å². The first kappa shape index (κ1) is 9.67. The molecule has 0 amide bonds. The fraction of sp³-hybridized carbons (Fsp3) is 0. The van der Waals surface area contributed by atoms with E-state index in [4.69, 9.17) is 16.7 Å². The third-order valence-electron chi connectivity index (χ3n) is 1.76. The fourth-order valence-corrected chi connectivity index (χ4v) is 1.31. The SMILES string of the molecule is O=C(O)c1ccn(-c2ncccc2Cl)n1. The second-order valence-electron chi connectivity index (χ2n) is 2.76. The van der Waals surface area contributed by atoms with Crippen LogP contribution < -0.4 is 0 Å². The summed E-state index contributed by atoms with van der Waals surface area (Å²) in [4.78, 5) is 14.6. The van der Waals surface area contributed by atoms with E-state index in [9.17, 15) is 4.79 Å². The zero-order valence-electron chi connectivity index (χ0n) is 7.46. The summed E-state index contributed by atoms with van der Waals surface area (Å²) in [6.45, 7) is 0. The molecule has 2 aromatic heterocycles. The number of hydrogen-bond acceptors (Lipinski definition) is 3. The molecule has 2 heterocycles. The molecule has 2 rings (SSSR count). The first-order valence-corrected chi connectivity index (χ1v) is 4.46. The van der Waals surface area contributed by atoms with Crippen LogP contribution in [0.15, 0.2) is 30.6 Å². The van der Waals surface area contributed by atoms with E-state index in [0.717, 1.165) is 0 Å². The number of hydrogen-bond donors (Lipinski definition) is 1. The van der Waals surface area contributed by atoms with Crippen LogP contribution in [0.2, 0.25) is 5.02 Å². The number of nitrogens with zero attached hydrogens (tertiary/aromatic N) is 3. The molecule has 0 aliphatic heterocycles. The molecule has 5 nitrogen and oxygen atoms in total. The Kier molecular flexibility index (Phi) is 2.39. The maximum Gasteiger partial charge on any atom is 0.356 e. The third-order valence-corrected chi connectivity index (χ3v) is 2.06. The minimum Gasteiger partial charge on any atom is -0.476 e. The van der Waals surface area contributed by atoms with Gasteiger partial charge in [-0.15, -0.1) is 0 Å². The van der Waals surface area contributed by atoms with Gasteiger partial charge >= 0.3 is 5.97 Å². The van der Waals surface area contributed by atoms with Crippen LogP contribution in [0.5, 0.6) is 0 Å². The molecule has 0 aliphatic carbocycles. The number of aromatic nitrogens is 3. The zero-order valence-corrected chi connectivity index (χ0v) is 8.22. The van der Waals surface area contributed by atoms with Crippen LogP contribution in [0.1, 0.15) is 10.5 Å². The van der Waals surface area contributed by atoms with E-state index in [2.05, 4.69) is 10.1 Å². The average Bonchev–Trinajstić information content (AvgIpc) is 2.67. The van der Waals surface area contributed by atoms with Crippen LogP contribution in [-0.2, 0) is 0 Å². The minimum atomic E-state index is -1.08. The molecule has 0 atom stereocenters. The second-order valence-corrected chi connectivity index (χ2v) is 3.17. The molecule has 0 saturated heterocycles. The molecule has 76 valence electrons. The van der Waals surface area contributed by atoms with Crippen LogP contribution in [0.25, 0.3) is 5.82 Å². The molecule has 0 fully saturated rings. The number of pyridine rings is 1. The average molecular weight is 224 g/mol. The molecule has 15 heavy (non-hydrogen) atoms. The topological polar surface area (TPSA) is 68.0 Å². The Bertz CT molecular complexity index is 510. The monoisotopic (exact) mass is 223 g/mol. The summed E-state index contributed by atoms with van der Waals surface area (Å²) in [5, 5.41) is 12.9. The Labute approximate surface area is 89.9 Å². The fourth-order valence-electron chi connectivity index (χ4n) is 1.10. The largest absolute Gasteiger partial charge is 0.476 e. The van der Waals surface area contributed by atoms with Gasteiger partial charge in [0.15, 0.2) is 11.5 Å². The van der Waals surface area contributed by atoms with Gasteiger partial charge in [0.05, 0.1) is 5.02 Å². The highest BCUT2D eigenvalue weighted by Gasteiger charge is 2.09. The quantitative estimate of drug-likeness (QED) is 0.840. The predicted molar refractivity (Wildman–Crippen MR) is 53.3 cm³/mol. The number of halogens is 1. The molecular formula is C9H6ClN3O2. The lowest BCUT2D eigenvalue weighted by atomic mass is 10.4. The lowest BCUT2D eigenvalue weighted by Crippen LogP contribution is -2.02. The molecule has 0 saturated carbocycles. The summed E-state index contributed by atoms with van der Waals surface area (Å²) >= 11 is 5.88. The number of aromatic carboxylic acids is 1. The summed E-state index contributed by atoms with van der Waals surface area (Å²) in [5.41, 5.74) is -0.0447. The standard InChI is InChI=1S/C9H6ClN3O2/c10-6-2-1-4-11-8(6)13-5-3-7(12-13)9(14)15/h1-5H,(H,14,15). The maximum atomic E-state index is 10.6. The molecule has 1 N–H and O–H groups in total. The van der Waals surface area contributed by atoms with Crippen LogP contribution in [-0.4, -0.2) is 25.8 Å². The van der Waals surface area contributed by atoms with E-state index in [1.54, 1.807) is 18.3 Å². The Balaban J connectivity index is 2.46. The number of rotatable bonds is 2. The first-order chi connectivity index (χ1) is 7.18. The number of carbonyl (C=O) groups is 1. The van der Waals surface area contributed by atoms with Crippen molar-refractivity contribution < 1.29 is 9.90 Å². The Morgan fingerprint density at radius 3 is 2.87 bits per heavy atom. The van der Waals surface area contributed by atoms with E-state index in [1.807, 2.05) is 0 Å². The molecular weight excluding hydrogens is 218 g/mol. The van der Waals surface area contributed by atoms with Gasteiger partial charge in [0.25, 0.3) is 0 Å². The van der Waals surface area contributed by atoms with E-state index in [0.29, 0.717) is 10.8 Å². The van der Waals surface area contributed by atoms with Gasteiger partial charge in [-0.05, 0) is 18.2 Å². The van der Waals surface area contributed by atoms with Crippen molar-refractivity contribution in [1.82, 2.24) is 14.8 Å². The normalized spacial score (nSPS) is 10.2. The van der Waals surface area contributed by atoms with Gasteiger partial charge in [0, 0.05) is 12.4 Å². The van der Waals surface area contributed by atoms with Crippen molar-refractivity contribution in [3.05, 3.63) is 41.3 Å². The molecule has 2 aromatic rings. The van der Waals surface area contributed by atoms with Crippen molar-refractivity contribution in [1.29, 1.82) is 0 Å². The maximum absolute atomic E-state index is 10.6. The highest BCUT2D eigenvalue weighted by Crippen LogP contribution is 2.16. The van der Waals surface area contributed by atoms with Crippen molar-refractivity contribution in [2.75, 3.05) is 0 Å². The first-order valence-electron chi connectivity index (χ1n) is 4.08. The Morgan fingerprint density at radius 1 is 1.47 bits per heavy atom. The van der Waals surface area contributed by atoms with Gasteiger partial charge in [0.2, 0.25) is 0 Å². The van der Waals surface area contributed by atoms with Crippen molar-refractivity contribution in [2.24, 2.45) is 0 Å².